The van der Waals surface area contributed by atoms with Crippen molar-refractivity contribution in [2.45, 2.75) is 6.17 Å². The van der Waals surface area contributed by atoms with Crippen LogP contribution in [0.3, 0.4) is 0 Å². The second kappa shape index (κ2) is 11.3. The number of aliphatic imine (C=N–C) groups is 2. The summed E-state index contributed by atoms with van der Waals surface area (Å²) in [5, 5.41) is 6.66. The van der Waals surface area contributed by atoms with Gasteiger partial charge in [-0.3, -0.25) is 5.32 Å². The van der Waals surface area contributed by atoms with Crippen molar-refractivity contribution in [3.05, 3.63) is 174 Å². The van der Waals surface area contributed by atoms with Gasteiger partial charge in [-0.15, -0.1) is 0 Å². The Morgan fingerprint density at radius 2 is 1.17 bits per heavy atom. The normalized spacial score (nSPS) is 14.8. The summed E-state index contributed by atoms with van der Waals surface area (Å²) >= 11 is 0. The van der Waals surface area contributed by atoms with E-state index in [9.17, 15) is 0 Å². The van der Waals surface area contributed by atoms with Crippen molar-refractivity contribution in [1.29, 1.82) is 0 Å². The second-order valence-electron chi connectivity index (χ2n) is 11.8. The maximum absolute atomic E-state index is 6.47. The van der Waals surface area contributed by atoms with Gasteiger partial charge in [0.15, 0.2) is 11.4 Å². The van der Waals surface area contributed by atoms with Crippen molar-refractivity contribution in [1.82, 2.24) is 4.98 Å². The topological polar surface area (TPSA) is 67.4 Å². The first-order valence-electron chi connectivity index (χ1n) is 15.8. The van der Waals surface area contributed by atoms with Crippen molar-refractivity contribution in [2.24, 2.45) is 9.98 Å². The van der Waals surface area contributed by atoms with Crippen LogP contribution in [-0.2, 0) is 0 Å². The molecule has 2 N–H and O–H groups in total. The molecule has 0 radical (unpaired) electrons. The number of rotatable bonds is 5. The highest BCUT2D eigenvalue weighted by Gasteiger charge is 2.25. The van der Waals surface area contributed by atoms with E-state index >= 15 is 0 Å². The highest BCUT2D eigenvalue weighted by molar-refractivity contribution is 6.18. The zero-order valence-corrected chi connectivity index (χ0v) is 25.4. The number of aromatic nitrogens is 1. The summed E-state index contributed by atoms with van der Waals surface area (Å²) in [5.74, 6) is 2.30. The van der Waals surface area contributed by atoms with Crippen LogP contribution in [0.15, 0.2) is 172 Å². The lowest BCUT2D eigenvalue weighted by Crippen LogP contribution is -2.90. The number of benzene rings is 7. The van der Waals surface area contributed by atoms with Crippen LogP contribution >= 0.6 is 0 Å². The van der Waals surface area contributed by atoms with E-state index < -0.39 is 0 Å². The van der Waals surface area contributed by atoms with Crippen molar-refractivity contribution in [3.8, 4) is 22.6 Å². The number of hydrogen-bond donors (Lipinski definition) is 1. The monoisotopic (exact) mass is 605 g/mol. The first-order valence-corrected chi connectivity index (χ1v) is 15.8. The molecule has 7 aromatic carbocycles. The molecule has 1 aliphatic heterocycles. The zero-order chi connectivity index (χ0) is 31.2. The third-order valence-electron chi connectivity index (χ3n) is 8.84. The molecule has 1 atom stereocenters. The molecule has 2 heterocycles. The molecule has 9 rings (SSSR count). The third kappa shape index (κ3) is 4.99. The standard InChI is InChI=1S/C42H28N4O/c1-4-11-29(12-5-1)39-44-40(30-13-6-2-7-14-30)46-41(45-39)34-18-10-17-32(25-34)33-22-20-27-19-21-28-23-24-36-38(37(28)35(27)26-33)47-42(43-36)31-15-8-3-9-16-31/h1-26,41H,(H,44,45,46)/p+1. The van der Waals surface area contributed by atoms with Gasteiger partial charge in [0.2, 0.25) is 17.9 Å². The molecule has 0 aliphatic carbocycles. The molecule has 1 aromatic heterocycles. The van der Waals surface area contributed by atoms with E-state index in [0.29, 0.717) is 5.89 Å². The van der Waals surface area contributed by atoms with Crippen LogP contribution in [-0.4, -0.2) is 16.7 Å². The average molecular weight is 606 g/mol. The number of nitrogens with zero attached hydrogens (tertiary/aromatic N) is 3. The van der Waals surface area contributed by atoms with Gasteiger partial charge in [-0.1, -0.05) is 115 Å². The predicted octanol–water partition coefficient (Wildman–Crippen LogP) is 8.94. The third-order valence-corrected chi connectivity index (χ3v) is 8.84. The van der Waals surface area contributed by atoms with Gasteiger partial charge in [0.1, 0.15) is 5.52 Å². The summed E-state index contributed by atoms with van der Waals surface area (Å²) in [6, 6.07) is 54.5. The van der Waals surface area contributed by atoms with Crippen LogP contribution in [0.5, 0.6) is 0 Å². The van der Waals surface area contributed by atoms with E-state index in [2.05, 4.69) is 90.2 Å². The van der Waals surface area contributed by atoms with E-state index in [1.54, 1.807) is 0 Å². The second-order valence-corrected chi connectivity index (χ2v) is 11.8. The number of oxazole rings is 1. The van der Waals surface area contributed by atoms with Crippen LogP contribution in [0.1, 0.15) is 22.9 Å². The van der Waals surface area contributed by atoms with E-state index in [4.69, 9.17) is 19.4 Å². The van der Waals surface area contributed by atoms with Crippen molar-refractivity contribution >= 4 is 44.3 Å². The van der Waals surface area contributed by atoms with Gasteiger partial charge in [0, 0.05) is 22.1 Å². The van der Waals surface area contributed by atoms with E-state index in [-0.39, 0.29) is 6.17 Å². The number of fused-ring (bicyclic) bond motifs is 5. The SMILES string of the molecule is c1ccc(C2=NC(c3cccc(-c4ccc5ccc6ccc7nc(-c8ccccc8)oc7c6c5c4)c3)[NH2+]C(c3ccccc3)=N2)cc1. The molecule has 5 heteroatoms. The Kier molecular flexibility index (Phi) is 6.54. The van der Waals surface area contributed by atoms with Crippen LogP contribution in [0.2, 0.25) is 0 Å². The molecule has 47 heavy (non-hydrogen) atoms. The molecule has 222 valence electrons. The minimum absolute atomic E-state index is 0.177. The first kappa shape index (κ1) is 27.2. The van der Waals surface area contributed by atoms with Crippen LogP contribution in [0.25, 0.3) is 55.2 Å². The van der Waals surface area contributed by atoms with Gasteiger partial charge >= 0.3 is 0 Å². The fourth-order valence-corrected chi connectivity index (χ4v) is 6.47. The minimum atomic E-state index is -0.177. The van der Waals surface area contributed by atoms with Crippen molar-refractivity contribution in [2.75, 3.05) is 0 Å². The smallest absolute Gasteiger partial charge is 0.235 e. The maximum atomic E-state index is 6.47. The van der Waals surface area contributed by atoms with Gasteiger partial charge < -0.3 is 4.42 Å². The Morgan fingerprint density at radius 1 is 0.532 bits per heavy atom. The molecule has 0 amide bonds. The maximum Gasteiger partial charge on any atom is 0.235 e. The van der Waals surface area contributed by atoms with Gasteiger partial charge in [-0.25, -0.2) is 9.98 Å². The number of hydrogen-bond acceptors (Lipinski definition) is 4. The first-order chi connectivity index (χ1) is 23.3. The minimum Gasteiger partial charge on any atom is -0.435 e. The zero-order valence-electron chi connectivity index (χ0n) is 25.4. The molecule has 0 spiro atoms. The summed E-state index contributed by atoms with van der Waals surface area (Å²) in [4.78, 5) is 15.0. The Labute approximate surface area is 271 Å². The van der Waals surface area contributed by atoms with Crippen molar-refractivity contribution in [3.63, 3.8) is 0 Å². The quantitative estimate of drug-likeness (QED) is 0.199. The van der Waals surface area contributed by atoms with Gasteiger partial charge in [0.05, 0.1) is 5.56 Å². The summed E-state index contributed by atoms with van der Waals surface area (Å²) in [6.45, 7) is 0. The molecule has 0 saturated heterocycles. The van der Waals surface area contributed by atoms with Crippen LogP contribution < -0.4 is 5.32 Å². The molecule has 1 aliphatic rings. The molecule has 0 saturated carbocycles. The van der Waals surface area contributed by atoms with Crippen LogP contribution in [0.4, 0.5) is 0 Å². The van der Waals surface area contributed by atoms with Gasteiger partial charge in [-0.2, -0.15) is 4.99 Å². The van der Waals surface area contributed by atoms with Gasteiger partial charge in [-0.05, 0) is 69.8 Å². The summed E-state index contributed by atoms with van der Waals surface area (Å²) in [6.07, 6.45) is -0.177. The summed E-state index contributed by atoms with van der Waals surface area (Å²) < 4.78 is 6.47. The highest BCUT2D eigenvalue weighted by atomic mass is 16.3. The summed E-state index contributed by atoms with van der Waals surface area (Å²) in [7, 11) is 0. The number of quaternary nitrogens is 1. The number of amidine groups is 2. The lowest BCUT2D eigenvalue weighted by atomic mass is 9.95. The Balaban J connectivity index is 1.15. The molecule has 0 bridgehead atoms. The lowest BCUT2D eigenvalue weighted by molar-refractivity contribution is -0.586. The van der Waals surface area contributed by atoms with E-state index in [1.807, 2.05) is 72.8 Å². The molecule has 8 aromatic rings. The fraction of sp³-hybridized carbons (Fsp3) is 0.0238. The molecule has 1 unspecified atom stereocenters. The fourth-order valence-electron chi connectivity index (χ4n) is 6.47. The predicted molar refractivity (Wildman–Crippen MR) is 191 cm³/mol. The highest BCUT2D eigenvalue weighted by Crippen LogP contribution is 2.37. The molecule has 0 fully saturated rings. The van der Waals surface area contributed by atoms with Crippen molar-refractivity contribution < 1.29 is 9.73 Å². The Bertz CT molecular complexity index is 2480. The lowest BCUT2D eigenvalue weighted by Gasteiger charge is -2.19. The summed E-state index contributed by atoms with van der Waals surface area (Å²) in [5.41, 5.74) is 8.09. The Morgan fingerprint density at radius 3 is 1.96 bits per heavy atom. The average Bonchev–Trinajstić information content (AvgIpc) is 3.60. The van der Waals surface area contributed by atoms with E-state index in [1.165, 1.54) is 0 Å². The van der Waals surface area contributed by atoms with Crippen LogP contribution in [0, 0.1) is 0 Å². The number of nitrogens with two attached hydrogens (primary N) is 1. The molecule has 5 nitrogen and oxygen atoms in total. The largest absolute Gasteiger partial charge is 0.435 e. The van der Waals surface area contributed by atoms with Gasteiger partial charge in [0.25, 0.3) is 0 Å². The molecular formula is C42H29N4O+. The van der Waals surface area contributed by atoms with E-state index in [0.717, 1.165) is 77.7 Å². The Hall–Kier alpha value is -6.17. The molecular weight excluding hydrogens is 576 g/mol.